The molecular formula is C16H20FNO3. The molecule has 1 aliphatic rings. The van der Waals surface area contributed by atoms with Crippen molar-refractivity contribution < 1.29 is 19.1 Å². The highest BCUT2D eigenvalue weighted by molar-refractivity contribution is 5.96. The maximum absolute atomic E-state index is 13.6. The molecule has 1 aliphatic heterocycles. The number of carboxylic acids is 1. The van der Waals surface area contributed by atoms with Crippen molar-refractivity contribution in [1.29, 1.82) is 0 Å². The SMILES string of the molecule is CCC1CCN(C(=O)c2ccc(C)c(F)c2)C(C(=O)O)C1. The summed E-state index contributed by atoms with van der Waals surface area (Å²) in [5.41, 5.74) is 0.672. The third-order valence-corrected chi connectivity index (χ3v) is 4.25. The van der Waals surface area contributed by atoms with E-state index in [1.54, 1.807) is 13.0 Å². The number of aliphatic carboxylic acids is 1. The summed E-state index contributed by atoms with van der Waals surface area (Å²) >= 11 is 0. The van der Waals surface area contributed by atoms with Crippen LogP contribution in [0.1, 0.15) is 42.1 Å². The normalized spacial score (nSPS) is 22.1. The van der Waals surface area contributed by atoms with Crippen molar-refractivity contribution in [2.75, 3.05) is 6.54 Å². The molecule has 5 heteroatoms. The molecule has 21 heavy (non-hydrogen) atoms. The second-order valence-electron chi connectivity index (χ2n) is 5.62. The number of hydrogen-bond donors (Lipinski definition) is 1. The van der Waals surface area contributed by atoms with Crippen LogP contribution in [0.15, 0.2) is 18.2 Å². The van der Waals surface area contributed by atoms with E-state index in [1.165, 1.54) is 17.0 Å². The molecule has 0 saturated carbocycles. The fraction of sp³-hybridized carbons (Fsp3) is 0.500. The molecule has 0 radical (unpaired) electrons. The van der Waals surface area contributed by atoms with Gasteiger partial charge in [-0.15, -0.1) is 0 Å². The number of aryl methyl sites for hydroxylation is 1. The number of carboxylic acid groups (broad SMARTS) is 1. The number of benzene rings is 1. The molecule has 0 bridgehead atoms. The first-order chi connectivity index (χ1) is 9.93. The van der Waals surface area contributed by atoms with Crippen LogP contribution in [-0.2, 0) is 4.79 Å². The smallest absolute Gasteiger partial charge is 0.326 e. The van der Waals surface area contributed by atoms with Gasteiger partial charge < -0.3 is 10.0 Å². The first kappa shape index (κ1) is 15.5. The van der Waals surface area contributed by atoms with Gasteiger partial charge in [-0.05, 0) is 43.4 Å². The molecule has 2 atom stereocenters. The monoisotopic (exact) mass is 293 g/mol. The van der Waals surface area contributed by atoms with E-state index < -0.39 is 23.7 Å². The second-order valence-corrected chi connectivity index (χ2v) is 5.62. The molecule has 1 saturated heterocycles. The van der Waals surface area contributed by atoms with E-state index in [0.29, 0.717) is 24.4 Å². The quantitative estimate of drug-likeness (QED) is 0.932. The van der Waals surface area contributed by atoms with Gasteiger partial charge >= 0.3 is 5.97 Å². The van der Waals surface area contributed by atoms with Gasteiger partial charge in [0.1, 0.15) is 11.9 Å². The summed E-state index contributed by atoms with van der Waals surface area (Å²) in [7, 11) is 0. The topological polar surface area (TPSA) is 57.6 Å². The van der Waals surface area contributed by atoms with E-state index in [4.69, 9.17) is 0 Å². The van der Waals surface area contributed by atoms with Crippen molar-refractivity contribution in [3.63, 3.8) is 0 Å². The van der Waals surface area contributed by atoms with Gasteiger partial charge in [-0.25, -0.2) is 9.18 Å². The van der Waals surface area contributed by atoms with Crippen molar-refractivity contribution in [1.82, 2.24) is 4.90 Å². The van der Waals surface area contributed by atoms with E-state index in [-0.39, 0.29) is 5.56 Å². The average Bonchev–Trinajstić information content (AvgIpc) is 2.48. The van der Waals surface area contributed by atoms with Gasteiger partial charge in [-0.2, -0.15) is 0 Å². The number of amides is 1. The van der Waals surface area contributed by atoms with Crippen molar-refractivity contribution in [2.45, 2.75) is 39.2 Å². The highest BCUT2D eigenvalue weighted by Gasteiger charge is 2.36. The zero-order valence-corrected chi connectivity index (χ0v) is 12.3. The minimum atomic E-state index is -0.992. The zero-order chi connectivity index (χ0) is 15.6. The van der Waals surface area contributed by atoms with Crippen LogP contribution >= 0.6 is 0 Å². The maximum atomic E-state index is 13.6. The lowest BCUT2D eigenvalue weighted by molar-refractivity contribution is -0.144. The van der Waals surface area contributed by atoms with E-state index in [2.05, 4.69) is 0 Å². The lowest BCUT2D eigenvalue weighted by Crippen LogP contribution is -2.50. The predicted octanol–water partition coefficient (Wildman–Crippen LogP) is 2.85. The summed E-state index contributed by atoms with van der Waals surface area (Å²) in [4.78, 5) is 25.2. The van der Waals surface area contributed by atoms with Gasteiger partial charge in [0.15, 0.2) is 0 Å². The third-order valence-electron chi connectivity index (χ3n) is 4.25. The van der Waals surface area contributed by atoms with Gasteiger partial charge in [-0.1, -0.05) is 19.4 Å². The number of piperidine rings is 1. The fourth-order valence-corrected chi connectivity index (χ4v) is 2.78. The van der Waals surface area contributed by atoms with Crippen LogP contribution in [-0.4, -0.2) is 34.5 Å². The van der Waals surface area contributed by atoms with Crippen LogP contribution in [0, 0.1) is 18.7 Å². The van der Waals surface area contributed by atoms with Gasteiger partial charge in [0.05, 0.1) is 0 Å². The largest absolute Gasteiger partial charge is 0.480 e. The molecule has 4 nitrogen and oxygen atoms in total. The predicted molar refractivity (Wildman–Crippen MR) is 76.6 cm³/mol. The third kappa shape index (κ3) is 3.23. The Balaban J connectivity index is 2.24. The summed E-state index contributed by atoms with van der Waals surface area (Å²) in [6.07, 6.45) is 2.16. The van der Waals surface area contributed by atoms with Crippen LogP contribution in [0.4, 0.5) is 4.39 Å². The standard InChI is InChI=1S/C16H20FNO3/c1-3-11-6-7-18(14(8-11)16(20)21)15(19)12-5-4-10(2)13(17)9-12/h4-5,9,11,14H,3,6-8H2,1-2H3,(H,20,21). The Morgan fingerprint density at radius 2 is 2.14 bits per heavy atom. The second kappa shape index (κ2) is 6.24. The van der Waals surface area contributed by atoms with Crippen LogP contribution in [0.2, 0.25) is 0 Å². The number of carbonyl (C=O) groups is 2. The Kier molecular flexibility index (Phi) is 4.60. The molecule has 2 unspecified atom stereocenters. The van der Waals surface area contributed by atoms with E-state index in [0.717, 1.165) is 12.8 Å². The first-order valence-corrected chi connectivity index (χ1v) is 7.24. The highest BCUT2D eigenvalue weighted by Crippen LogP contribution is 2.27. The zero-order valence-electron chi connectivity index (χ0n) is 12.3. The minimum absolute atomic E-state index is 0.208. The lowest BCUT2D eigenvalue weighted by atomic mass is 9.88. The van der Waals surface area contributed by atoms with Crippen LogP contribution in [0.5, 0.6) is 0 Å². The molecular weight excluding hydrogens is 273 g/mol. The first-order valence-electron chi connectivity index (χ1n) is 7.24. The van der Waals surface area contributed by atoms with Gasteiger partial charge in [0, 0.05) is 12.1 Å². The van der Waals surface area contributed by atoms with Crippen LogP contribution < -0.4 is 0 Å². The Labute approximate surface area is 123 Å². The Morgan fingerprint density at radius 3 is 2.71 bits per heavy atom. The molecule has 1 aromatic carbocycles. The van der Waals surface area contributed by atoms with E-state index in [9.17, 15) is 19.1 Å². The molecule has 0 spiro atoms. The van der Waals surface area contributed by atoms with Crippen molar-refractivity contribution in [2.24, 2.45) is 5.92 Å². The van der Waals surface area contributed by atoms with Gasteiger partial charge in [0.25, 0.3) is 5.91 Å². The van der Waals surface area contributed by atoms with E-state index in [1.807, 2.05) is 6.92 Å². The Hall–Kier alpha value is -1.91. The van der Waals surface area contributed by atoms with Crippen LogP contribution in [0.3, 0.4) is 0 Å². The molecule has 0 aromatic heterocycles. The number of hydrogen-bond acceptors (Lipinski definition) is 2. The van der Waals surface area contributed by atoms with Gasteiger partial charge in [0.2, 0.25) is 0 Å². The fourth-order valence-electron chi connectivity index (χ4n) is 2.78. The Bertz CT molecular complexity index is 558. The number of halogens is 1. The summed E-state index contributed by atoms with van der Waals surface area (Å²) in [6, 6.07) is 3.45. The highest BCUT2D eigenvalue weighted by atomic mass is 19.1. The Morgan fingerprint density at radius 1 is 1.43 bits per heavy atom. The molecule has 0 aliphatic carbocycles. The molecule has 114 valence electrons. The summed E-state index contributed by atoms with van der Waals surface area (Å²) < 4.78 is 13.6. The average molecular weight is 293 g/mol. The number of nitrogens with zero attached hydrogens (tertiary/aromatic N) is 1. The molecule has 1 fully saturated rings. The molecule has 1 aromatic rings. The number of rotatable bonds is 3. The number of likely N-dealkylation sites (tertiary alicyclic amines) is 1. The molecule has 1 amide bonds. The van der Waals surface area contributed by atoms with Crippen LogP contribution in [0.25, 0.3) is 0 Å². The van der Waals surface area contributed by atoms with E-state index >= 15 is 0 Å². The van der Waals surface area contributed by atoms with Crippen molar-refractivity contribution in [3.8, 4) is 0 Å². The number of carbonyl (C=O) groups excluding carboxylic acids is 1. The van der Waals surface area contributed by atoms with Crippen molar-refractivity contribution >= 4 is 11.9 Å². The maximum Gasteiger partial charge on any atom is 0.326 e. The summed E-state index contributed by atoms with van der Waals surface area (Å²) in [5, 5.41) is 9.35. The molecule has 1 N–H and O–H groups in total. The molecule has 1 heterocycles. The minimum Gasteiger partial charge on any atom is -0.480 e. The van der Waals surface area contributed by atoms with Crippen molar-refractivity contribution in [3.05, 3.63) is 35.1 Å². The summed E-state index contributed by atoms with van der Waals surface area (Å²) in [6.45, 7) is 4.05. The molecule has 2 rings (SSSR count). The summed E-state index contributed by atoms with van der Waals surface area (Å²) in [5.74, 6) is -1.52. The van der Waals surface area contributed by atoms with Gasteiger partial charge in [-0.3, -0.25) is 4.79 Å². The lowest BCUT2D eigenvalue weighted by Gasteiger charge is -2.37.